The number of carbonyl (C=O) groups is 2. The van der Waals surface area contributed by atoms with Gasteiger partial charge in [-0.1, -0.05) is 11.6 Å². The molecular weight excluding hydrogens is 366 g/mol. The number of halogens is 1. The predicted octanol–water partition coefficient (Wildman–Crippen LogP) is 3.03. The summed E-state index contributed by atoms with van der Waals surface area (Å²) in [5, 5.41) is 3.45. The standard InChI is InChI=1S/C20H22ClN3O3/c1-27-18-3-2-16(21)12-17(18)19(25)23-13-14-6-10-24(11-7-14)20(26)15-4-8-22-9-5-15/h2-5,8-9,12,14H,6-7,10-11,13H2,1H3,(H,23,25). The van der Waals surface area contributed by atoms with Gasteiger partial charge >= 0.3 is 0 Å². The summed E-state index contributed by atoms with van der Waals surface area (Å²) in [5.74, 6) is 0.656. The lowest BCUT2D eigenvalue weighted by Crippen LogP contribution is -2.41. The number of aromatic nitrogens is 1. The third kappa shape index (κ3) is 4.77. The largest absolute Gasteiger partial charge is 0.496 e. The molecule has 7 heteroatoms. The molecule has 0 saturated carbocycles. The maximum absolute atomic E-state index is 12.5. The molecule has 0 unspecified atom stereocenters. The lowest BCUT2D eigenvalue weighted by atomic mass is 9.96. The zero-order valence-corrected chi connectivity index (χ0v) is 15.9. The van der Waals surface area contributed by atoms with Crippen molar-refractivity contribution in [1.82, 2.24) is 15.2 Å². The fourth-order valence-electron chi connectivity index (χ4n) is 3.21. The summed E-state index contributed by atoms with van der Waals surface area (Å²) in [6.45, 7) is 1.93. The lowest BCUT2D eigenvalue weighted by Gasteiger charge is -2.32. The topological polar surface area (TPSA) is 71.5 Å². The fraction of sp³-hybridized carbons (Fsp3) is 0.350. The average Bonchev–Trinajstić information content (AvgIpc) is 2.72. The van der Waals surface area contributed by atoms with Gasteiger partial charge in [0, 0.05) is 42.6 Å². The van der Waals surface area contributed by atoms with Gasteiger partial charge in [0.1, 0.15) is 5.75 Å². The van der Waals surface area contributed by atoms with E-state index in [2.05, 4.69) is 10.3 Å². The maximum atomic E-state index is 12.5. The van der Waals surface area contributed by atoms with E-state index in [1.54, 1.807) is 42.7 Å². The molecule has 27 heavy (non-hydrogen) atoms. The first-order valence-electron chi connectivity index (χ1n) is 8.89. The number of rotatable bonds is 5. The van der Waals surface area contributed by atoms with Crippen LogP contribution in [-0.4, -0.2) is 48.4 Å². The summed E-state index contributed by atoms with van der Waals surface area (Å²) in [6, 6.07) is 8.43. The highest BCUT2D eigenvalue weighted by molar-refractivity contribution is 6.31. The van der Waals surface area contributed by atoms with Crippen molar-refractivity contribution in [2.24, 2.45) is 5.92 Å². The molecule has 1 saturated heterocycles. The number of hydrogen-bond donors (Lipinski definition) is 1. The minimum Gasteiger partial charge on any atom is -0.496 e. The molecule has 1 aromatic carbocycles. The van der Waals surface area contributed by atoms with Crippen LogP contribution in [0.5, 0.6) is 5.75 Å². The second-order valence-corrected chi connectivity index (χ2v) is 6.96. The van der Waals surface area contributed by atoms with Crippen LogP contribution in [0, 0.1) is 5.92 Å². The number of hydrogen-bond acceptors (Lipinski definition) is 4. The molecule has 0 atom stereocenters. The van der Waals surface area contributed by atoms with E-state index in [9.17, 15) is 9.59 Å². The third-order valence-corrected chi connectivity index (χ3v) is 5.02. The smallest absolute Gasteiger partial charge is 0.255 e. The zero-order valence-electron chi connectivity index (χ0n) is 15.2. The molecule has 2 amide bonds. The van der Waals surface area contributed by atoms with Crippen molar-refractivity contribution in [2.45, 2.75) is 12.8 Å². The van der Waals surface area contributed by atoms with Crippen molar-refractivity contribution in [3.63, 3.8) is 0 Å². The number of methoxy groups -OCH3 is 1. The van der Waals surface area contributed by atoms with Gasteiger partial charge in [0.15, 0.2) is 0 Å². The number of carbonyl (C=O) groups excluding carboxylic acids is 2. The second kappa shape index (κ2) is 8.86. The normalized spacial score (nSPS) is 14.7. The quantitative estimate of drug-likeness (QED) is 0.856. The van der Waals surface area contributed by atoms with E-state index >= 15 is 0 Å². The Morgan fingerprint density at radius 1 is 1.22 bits per heavy atom. The summed E-state index contributed by atoms with van der Waals surface area (Å²) in [7, 11) is 1.52. The first-order chi connectivity index (χ1) is 13.1. The van der Waals surface area contributed by atoms with E-state index in [1.807, 2.05) is 4.90 Å². The van der Waals surface area contributed by atoms with Gasteiger partial charge in [-0.3, -0.25) is 14.6 Å². The van der Waals surface area contributed by atoms with Crippen molar-refractivity contribution in [3.05, 3.63) is 58.9 Å². The monoisotopic (exact) mass is 387 g/mol. The highest BCUT2D eigenvalue weighted by Gasteiger charge is 2.24. The van der Waals surface area contributed by atoms with E-state index in [1.165, 1.54) is 7.11 Å². The summed E-state index contributed by atoms with van der Waals surface area (Å²) < 4.78 is 5.23. The number of amides is 2. The van der Waals surface area contributed by atoms with Crippen LogP contribution in [-0.2, 0) is 0 Å². The summed E-state index contributed by atoms with van der Waals surface area (Å²) in [6.07, 6.45) is 4.95. The Morgan fingerprint density at radius 2 is 1.93 bits per heavy atom. The fourth-order valence-corrected chi connectivity index (χ4v) is 3.38. The van der Waals surface area contributed by atoms with E-state index in [0.717, 1.165) is 12.8 Å². The molecule has 1 aromatic heterocycles. The SMILES string of the molecule is COc1ccc(Cl)cc1C(=O)NCC1CCN(C(=O)c2ccncc2)CC1. The third-order valence-electron chi connectivity index (χ3n) is 4.79. The summed E-state index contributed by atoms with van der Waals surface area (Å²) in [4.78, 5) is 30.7. The van der Waals surface area contributed by atoms with Crippen molar-refractivity contribution < 1.29 is 14.3 Å². The Labute approximate surface area is 163 Å². The minimum absolute atomic E-state index is 0.0311. The number of nitrogens with zero attached hydrogens (tertiary/aromatic N) is 2. The van der Waals surface area contributed by atoms with Crippen LogP contribution in [0.2, 0.25) is 5.02 Å². The van der Waals surface area contributed by atoms with Gasteiger partial charge < -0.3 is 15.0 Å². The number of piperidine rings is 1. The van der Waals surface area contributed by atoms with E-state index < -0.39 is 0 Å². The van der Waals surface area contributed by atoms with E-state index in [-0.39, 0.29) is 11.8 Å². The molecule has 1 aliphatic heterocycles. The van der Waals surface area contributed by atoms with Crippen molar-refractivity contribution in [3.8, 4) is 5.75 Å². The molecule has 0 bridgehead atoms. The first kappa shape index (κ1) is 19.2. The van der Waals surface area contributed by atoms with Gasteiger partial charge in [0.2, 0.25) is 0 Å². The summed E-state index contributed by atoms with van der Waals surface area (Å²) in [5.41, 5.74) is 1.08. The van der Waals surface area contributed by atoms with E-state index in [4.69, 9.17) is 16.3 Å². The van der Waals surface area contributed by atoms with Crippen LogP contribution in [0.15, 0.2) is 42.7 Å². The van der Waals surface area contributed by atoms with Gasteiger partial charge in [-0.05, 0) is 49.1 Å². The van der Waals surface area contributed by atoms with Gasteiger partial charge in [-0.25, -0.2) is 0 Å². The Bertz CT molecular complexity index is 805. The Balaban J connectivity index is 1.51. The zero-order chi connectivity index (χ0) is 19.2. The van der Waals surface area contributed by atoms with Gasteiger partial charge in [0.05, 0.1) is 12.7 Å². The van der Waals surface area contributed by atoms with Gasteiger partial charge in [0.25, 0.3) is 11.8 Å². The molecule has 1 fully saturated rings. The van der Waals surface area contributed by atoms with Crippen LogP contribution >= 0.6 is 11.6 Å². The number of likely N-dealkylation sites (tertiary alicyclic amines) is 1. The lowest BCUT2D eigenvalue weighted by molar-refractivity contribution is 0.0684. The average molecular weight is 388 g/mol. The molecule has 6 nitrogen and oxygen atoms in total. The summed E-state index contributed by atoms with van der Waals surface area (Å²) >= 11 is 5.99. The minimum atomic E-state index is -0.204. The Kier molecular flexibility index (Phi) is 6.29. The molecule has 1 aliphatic rings. The van der Waals surface area contributed by atoms with Crippen LogP contribution in [0.1, 0.15) is 33.6 Å². The Hall–Kier alpha value is -2.60. The van der Waals surface area contributed by atoms with Crippen molar-refractivity contribution >= 4 is 23.4 Å². The molecule has 0 aliphatic carbocycles. The molecule has 1 N–H and O–H groups in total. The maximum Gasteiger partial charge on any atom is 0.255 e. The van der Waals surface area contributed by atoms with Gasteiger partial charge in [-0.15, -0.1) is 0 Å². The number of ether oxygens (including phenoxy) is 1. The molecule has 0 radical (unpaired) electrons. The molecule has 142 valence electrons. The second-order valence-electron chi connectivity index (χ2n) is 6.53. The van der Waals surface area contributed by atoms with Crippen LogP contribution in [0.4, 0.5) is 0 Å². The number of pyridine rings is 1. The van der Waals surface area contributed by atoms with Crippen LogP contribution in [0.3, 0.4) is 0 Å². The molecule has 3 rings (SSSR count). The van der Waals surface area contributed by atoms with Crippen molar-refractivity contribution in [2.75, 3.05) is 26.7 Å². The molecule has 2 heterocycles. The number of nitrogens with one attached hydrogen (secondary N) is 1. The highest BCUT2D eigenvalue weighted by Crippen LogP contribution is 2.23. The predicted molar refractivity (Wildman–Crippen MR) is 103 cm³/mol. The van der Waals surface area contributed by atoms with Gasteiger partial charge in [-0.2, -0.15) is 0 Å². The molecule has 0 spiro atoms. The Morgan fingerprint density at radius 3 is 2.59 bits per heavy atom. The first-order valence-corrected chi connectivity index (χ1v) is 9.27. The molecular formula is C20H22ClN3O3. The van der Waals surface area contributed by atoms with Crippen molar-refractivity contribution in [1.29, 1.82) is 0 Å². The van der Waals surface area contributed by atoms with E-state index in [0.29, 0.717) is 47.5 Å². The number of benzene rings is 1. The highest BCUT2D eigenvalue weighted by atomic mass is 35.5. The molecule has 2 aromatic rings. The van der Waals surface area contributed by atoms with Crippen LogP contribution in [0.25, 0.3) is 0 Å². The van der Waals surface area contributed by atoms with Crippen LogP contribution < -0.4 is 10.1 Å².